The van der Waals surface area contributed by atoms with Gasteiger partial charge in [0.1, 0.15) is 0 Å². The summed E-state index contributed by atoms with van der Waals surface area (Å²) in [4.78, 5) is 0. The van der Waals surface area contributed by atoms with Gasteiger partial charge in [-0.1, -0.05) is 20.3 Å². The van der Waals surface area contributed by atoms with Gasteiger partial charge in [0.05, 0.1) is 11.8 Å². The van der Waals surface area contributed by atoms with Crippen molar-refractivity contribution in [1.29, 1.82) is 0 Å². The van der Waals surface area contributed by atoms with Crippen molar-refractivity contribution in [2.45, 2.75) is 71.6 Å². The maximum atomic E-state index is 10.7. The SMILES string of the molecule is CC(C)n1cc(CNC[C@@]2(O)CCCC(C)(C)C2)cn1. The van der Waals surface area contributed by atoms with Crippen LogP contribution >= 0.6 is 0 Å². The zero-order valence-electron chi connectivity index (χ0n) is 13.3. The molecule has 1 aliphatic carbocycles. The van der Waals surface area contributed by atoms with Gasteiger partial charge in [-0.2, -0.15) is 5.10 Å². The van der Waals surface area contributed by atoms with Crippen LogP contribution in [0.5, 0.6) is 0 Å². The fourth-order valence-corrected chi connectivity index (χ4v) is 3.31. The van der Waals surface area contributed by atoms with Crippen LogP contribution in [0.2, 0.25) is 0 Å². The summed E-state index contributed by atoms with van der Waals surface area (Å²) in [6, 6.07) is 0.395. The molecule has 1 atom stereocenters. The van der Waals surface area contributed by atoms with Crippen LogP contribution < -0.4 is 5.32 Å². The van der Waals surface area contributed by atoms with Crippen LogP contribution in [-0.4, -0.2) is 27.0 Å². The van der Waals surface area contributed by atoms with Crippen LogP contribution in [0.3, 0.4) is 0 Å². The fraction of sp³-hybridized carbons (Fsp3) is 0.812. The van der Waals surface area contributed by atoms with E-state index in [4.69, 9.17) is 0 Å². The average Bonchev–Trinajstić information content (AvgIpc) is 2.75. The van der Waals surface area contributed by atoms with Crippen LogP contribution in [0.4, 0.5) is 0 Å². The highest BCUT2D eigenvalue weighted by atomic mass is 16.3. The third-order valence-electron chi connectivity index (χ3n) is 4.27. The van der Waals surface area contributed by atoms with Crippen molar-refractivity contribution in [3.63, 3.8) is 0 Å². The minimum Gasteiger partial charge on any atom is -0.389 e. The van der Waals surface area contributed by atoms with Gasteiger partial charge in [-0.05, 0) is 38.5 Å². The standard InChI is InChI=1S/C16H29N3O/c1-13(2)19-10-14(9-18-19)8-17-12-16(20)7-5-6-15(3,4)11-16/h9-10,13,17,20H,5-8,11-12H2,1-4H3/t16-/m1/s1. The molecule has 0 radical (unpaired) electrons. The highest BCUT2D eigenvalue weighted by Gasteiger charge is 2.37. The van der Waals surface area contributed by atoms with Gasteiger partial charge in [0.25, 0.3) is 0 Å². The first-order chi connectivity index (χ1) is 9.30. The Hall–Kier alpha value is -0.870. The van der Waals surface area contributed by atoms with E-state index in [-0.39, 0.29) is 5.41 Å². The van der Waals surface area contributed by atoms with Gasteiger partial charge in [-0.25, -0.2) is 0 Å². The lowest BCUT2D eigenvalue weighted by Gasteiger charge is -2.41. The molecule has 0 bridgehead atoms. The molecule has 1 fully saturated rings. The van der Waals surface area contributed by atoms with Crippen molar-refractivity contribution in [2.75, 3.05) is 6.54 Å². The molecule has 2 rings (SSSR count). The predicted molar refractivity (Wildman–Crippen MR) is 81.5 cm³/mol. The molecule has 0 spiro atoms. The Bertz CT molecular complexity index is 439. The molecule has 1 saturated carbocycles. The minimum absolute atomic E-state index is 0.261. The van der Waals surface area contributed by atoms with Crippen molar-refractivity contribution in [1.82, 2.24) is 15.1 Å². The smallest absolute Gasteiger partial charge is 0.0776 e. The summed E-state index contributed by atoms with van der Waals surface area (Å²) in [6.07, 6.45) is 8.12. The van der Waals surface area contributed by atoms with Crippen LogP contribution in [0.25, 0.3) is 0 Å². The van der Waals surface area contributed by atoms with E-state index in [0.717, 1.165) is 25.8 Å². The van der Waals surface area contributed by atoms with Gasteiger partial charge in [-0.15, -0.1) is 0 Å². The molecule has 4 heteroatoms. The van der Waals surface area contributed by atoms with Crippen molar-refractivity contribution >= 4 is 0 Å². The van der Waals surface area contributed by atoms with E-state index in [1.807, 2.05) is 10.9 Å². The van der Waals surface area contributed by atoms with E-state index < -0.39 is 5.60 Å². The van der Waals surface area contributed by atoms with Crippen molar-refractivity contribution in [3.05, 3.63) is 18.0 Å². The van der Waals surface area contributed by atoms with Crippen molar-refractivity contribution < 1.29 is 5.11 Å². The van der Waals surface area contributed by atoms with Gasteiger partial charge in [0.2, 0.25) is 0 Å². The summed E-state index contributed by atoms with van der Waals surface area (Å²) in [6.45, 7) is 10.2. The minimum atomic E-state index is -0.546. The van der Waals surface area contributed by atoms with Gasteiger partial charge >= 0.3 is 0 Å². The molecule has 1 heterocycles. The lowest BCUT2D eigenvalue weighted by atomic mass is 9.70. The molecule has 0 saturated heterocycles. The van der Waals surface area contributed by atoms with Crippen LogP contribution in [0.15, 0.2) is 12.4 Å². The first kappa shape index (κ1) is 15.5. The Morgan fingerprint density at radius 3 is 2.75 bits per heavy atom. The molecule has 0 aliphatic heterocycles. The lowest BCUT2D eigenvalue weighted by Crippen LogP contribution is -2.46. The van der Waals surface area contributed by atoms with E-state index in [2.05, 4.69) is 44.3 Å². The number of aliphatic hydroxyl groups is 1. The molecule has 20 heavy (non-hydrogen) atoms. The Morgan fingerprint density at radius 2 is 2.15 bits per heavy atom. The topological polar surface area (TPSA) is 50.1 Å². The van der Waals surface area contributed by atoms with Gasteiger partial charge in [-0.3, -0.25) is 4.68 Å². The third kappa shape index (κ3) is 4.06. The summed E-state index contributed by atoms with van der Waals surface area (Å²) < 4.78 is 1.97. The van der Waals surface area contributed by atoms with Crippen LogP contribution in [0, 0.1) is 5.41 Å². The Balaban J connectivity index is 1.82. The molecular formula is C16H29N3O. The average molecular weight is 279 g/mol. The number of rotatable bonds is 5. The summed E-state index contributed by atoms with van der Waals surface area (Å²) in [5.74, 6) is 0. The number of hydrogen-bond donors (Lipinski definition) is 2. The summed E-state index contributed by atoms with van der Waals surface area (Å²) in [5, 5.41) is 18.4. The highest BCUT2D eigenvalue weighted by molar-refractivity contribution is 5.04. The summed E-state index contributed by atoms with van der Waals surface area (Å²) in [7, 11) is 0. The zero-order chi connectivity index (χ0) is 14.8. The van der Waals surface area contributed by atoms with Crippen molar-refractivity contribution in [2.24, 2.45) is 5.41 Å². The Kier molecular flexibility index (Phi) is 4.55. The summed E-state index contributed by atoms with van der Waals surface area (Å²) in [5.41, 5.74) is 0.893. The second-order valence-electron chi connectivity index (χ2n) is 7.44. The van der Waals surface area contributed by atoms with Crippen molar-refractivity contribution in [3.8, 4) is 0 Å². The lowest BCUT2D eigenvalue weighted by molar-refractivity contribution is -0.0374. The van der Waals surface area contributed by atoms with E-state index in [9.17, 15) is 5.11 Å². The maximum Gasteiger partial charge on any atom is 0.0776 e. The van der Waals surface area contributed by atoms with Gasteiger partial charge in [0.15, 0.2) is 0 Å². The van der Waals surface area contributed by atoms with E-state index in [1.165, 1.54) is 12.0 Å². The molecule has 0 aromatic carbocycles. The second-order valence-corrected chi connectivity index (χ2v) is 7.44. The molecule has 1 aromatic rings. The molecular weight excluding hydrogens is 250 g/mol. The molecule has 0 amide bonds. The number of hydrogen-bond acceptors (Lipinski definition) is 3. The highest BCUT2D eigenvalue weighted by Crippen LogP contribution is 2.40. The maximum absolute atomic E-state index is 10.7. The molecule has 0 unspecified atom stereocenters. The molecule has 1 aromatic heterocycles. The van der Waals surface area contributed by atoms with E-state index >= 15 is 0 Å². The number of nitrogens with one attached hydrogen (secondary N) is 1. The molecule has 4 nitrogen and oxygen atoms in total. The van der Waals surface area contributed by atoms with Crippen LogP contribution in [-0.2, 0) is 6.54 Å². The number of nitrogens with zero attached hydrogens (tertiary/aromatic N) is 2. The fourth-order valence-electron chi connectivity index (χ4n) is 3.31. The normalized spacial score (nSPS) is 26.1. The van der Waals surface area contributed by atoms with E-state index in [1.54, 1.807) is 0 Å². The number of aromatic nitrogens is 2. The summed E-state index contributed by atoms with van der Waals surface area (Å²) >= 11 is 0. The molecule has 114 valence electrons. The van der Waals surface area contributed by atoms with Crippen LogP contribution in [0.1, 0.15) is 65.0 Å². The van der Waals surface area contributed by atoms with Gasteiger partial charge < -0.3 is 10.4 Å². The largest absolute Gasteiger partial charge is 0.389 e. The zero-order valence-corrected chi connectivity index (χ0v) is 13.3. The Labute approximate surface area is 122 Å². The predicted octanol–water partition coefficient (Wildman–Crippen LogP) is 2.88. The van der Waals surface area contributed by atoms with E-state index in [0.29, 0.717) is 12.6 Å². The Morgan fingerprint density at radius 1 is 1.40 bits per heavy atom. The van der Waals surface area contributed by atoms with Gasteiger partial charge in [0, 0.05) is 30.9 Å². The first-order valence-electron chi connectivity index (χ1n) is 7.76. The third-order valence-corrected chi connectivity index (χ3v) is 4.27. The monoisotopic (exact) mass is 279 g/mol. The molecule has 1 aliphatic rings. The quantitative estimate of drug-likeness (QED) is 0.871. The molecule has 2 N–H and O–H groups in total. The second kappa shape index (κ2) is 5.86. The first-order valence-corrected chi connectivity index (χ1v) is 7.76.